The summed E-state index contributed by atoms with van der Waals surface area (Å²) >= 11 is 0. The lowest BCUT2D eigenvalue weighted by Crippen LogP contribution is -2.41. The van der Waals surface area contributed by atoms with Gasteiger partial charge in [0.2, 0.25) is 0 Å². The maximum Gasteiger partial charge on any atom is 0.491 e. The van der Waals surface area contributed by atoms with Crippen molar-refractivity contribution in [3.63, 3.8) is 0 Å². The molecule has 0 aromatic rings. The fraction of sp³-hybridized carbons (Fsp3) is 0.750. The summed E-state index contributed by atoms with van der Waals surface area (Å²) in [5.41, 5.74) is 0.480. The normalized spacial score (nSPS) is 26.7. The van der Waals surface area contributed by atoms with Crippen molar-refractivity contribution in [2.24, 2.45) is 0 Å². The molecule has 1 saturated heterocycles. The van der Waals surface area contributed by atoms with Gasteiger partial charge in [-0.2, -0.15) is 0 Å². The lowest BCUT2D eigenvalue weighted by Gasteiger charge is -2.32. The van der Waals surface area contributed by atoms with Gasteiger partial charge in [0.05, 0.1) is 11.2 Å². The molecule has 0 amide bonds. The molecule has 0 aromatic carbocycles. The van der Waals surface area contributed by atoms with Crippen LogP contribution in [0.3, 0.4) is 0 Å². The zero-order valence-corrected chi connectivity index (χ0v) is 10.9. The molecule has 1 N–H and O–H groups in total. The molecule has 1 fully saturated rings. The molecule has 2 aliphatic rings. The van der Waals surface area contributed by atoms with E-state index in [1.165, 1.54) is 0 Å². The van der Waals surface area contributed by atoms with Crippen molar-refractivity contribution in [3.8, 4) is 0 Å². The third kappa shape index (κ3) is 2.02. The number of carboxylic acid groups (broad SMARTS) is 1. The summed E-state index contributed by atoms with van der Waals surface area (Å²) in [6.45, 7) is 7.90. The Kier molecular flexibility index (Phi) is 2.87. The van der Waals surface area contributed by atoms with Gasteiger partial charge in [-0.15, -0.1) is 0 Å². The predicted molar refractivity (Wildman–Crippen MR) is 64.6 cm³/mol. The van der Waals surface area contributed by atoms with Crippen LogP contribution in [-0.2, 0) is 14.1 Å². The first-order valence-corrected chi connectivity index (χ1v) is 6.05. The molecule has 1 aliphatic heterocycles. The van der Waals surface area contributed by atoms with Gasteiger partial charge in [0, 0.05) is 5.57 Å². The zero-order chi connectivity index (χ0) is 12.8. The number of carboxylic acids is 1. The zero-order valence-electron chi connectivity index (χ0n) is 10.9. The van der Waals surface area contributed by atoms with Gasteiger partial charge in [0.1, 0.15) is 0 Å². The monoisotopic (exact) mass is 238 g/mol. The molecule has 1 aliphatic carbocycles. The Bertz CT molecular complexity index is 368. The van der Waals surface area contributed by atoms with Gasteiger partial charge in [-0.25, -0.2) is 4.79 Å². The Morgan fingerprint density at radius 1 is 1.18 bits per heavy atom. The molecule has 94 valence electrons. The molecule has 2 rings (SSSR count). The third-order valence-electron chi connectivity index (χ3n) is 4.06. The summed E-state index contributed by atoms with van der Waals surface area (Å²) in [6, 6.07) is 0. The lowest BCUT2D eigenvalue weighted by atomic mass is 9.76. The van der Waals surface area contributed by atoms with E-state index >= 15 is 0 Å². The Balaban J connectivity index is 2.27. The quantitative estimate of drug-likeness (QED) is 0.749. The minimum absolute atomic E-state index is 0.406. The van der Waals surface area contributed by atoms with Gasteiger partial charge >= 0.3 is 13.1 Å². The van der Waals surface area contributed by atoms with E-state index in [1.807, 2.05) is 27.7 Å². The summed E-state index contributed by atoms with van der Waals surface area (Å²) in [5, 5.41) is 9.14. The summed E-state index contributed by atoms with van der Waals surface area (Å²) in [7, 11) is -0.492. The van der Waals surface area contributed by atoms with Crippen LogP contribution >= 0.6 is 0 Å². The number of carbonyl (C=O) groups is 1. The van der Waals surface area contributed by atoms with Crippen molar-refractivity contribution in [2.45, 2.75) is 58.2 Å². The number of aliphatic carboxylic acids is 1. The second kappa shape index (κ2) is 3.85. The molecular formula is C12H19BO4. The molecule has 0 saturated carbocycles. The van der Waals surface area contributed by atoms with E-state index in [9.17, 15) is 4.79 Å². The molecule has 0 unspecified atom stereocenters. The van der Waals surface area contributed by atoms with Crippen LogP contribution in [0.1, 0.15) is 47.0 Å². The summed E-state index contributed by atoms with van der Waals surface area (Å²) in [6.07, 6.45) is 2.26. The van der Waals surface area contributed by atoms with Crippen LogP contribution in [-0.4, -0.2) is 29.4 Å². The molecule has 0 aromatic heterocycles. The highest BCUT2D eigenvalue weighted by Gasteiger charge is 2.53. The lowest BCUT2D eigenvalue weighted by molar-refractivity contribution is -0.132. The Morgan fingerprint density at radius 3 is 2.18 bits per heavy atom. The molecule has 0 spiro atoms. The second-order valence-corrected chi connectivity index (χ2v) is 5.75. The number of allylic oxidation sites excluding steroid dienone is 1. The molecule has 4 nitrogen and oxygen atoms in total. The van der Waals surface area contributed by atoms with Gasteiger partial charge < -0.3 is 14.4 Å². The molecule has 0 bridgehead atoms. The predicted octanol–water partition coefficient (Wildman–Crippen LogP) is 2.18. The van der Waals surface area contributed by atoms with Crippen molar-refractivity contribution in [3.05, 3.63) is 11.0 Å². The van der Waals surface area contributed by atoms with Crippen molar-refractivity contribution in [1.29, 1.82) is 0 Å². The average Bonchev–Trinajstić information content (AvgIpc) is 2.69. The van der Waals surface area contributed by atoms with E-state index < -0.39 is 24.3 Å². The molecule has 1 heterocycles. The SMILES string of the molecule is CC1(C)OB(C2=C(C(=O)O)CCC2)OC1(C)C. The summed E-state index contributed by atoms with van der Waals surface area (Å²) in [5.74, 6) is -0.841. The van der Waals surface area contributed by atoms with Crippen LogP contribution < -0.4 is 0 Å². The maximum atomic E-state index is 11.1. The van der Waals surface area contributed by atoms with Gasteiger partial charge in [0.25, 0.3) is 0 Å². The average molecular weight is 238 g/mol. The van der Waals surface area contributed by atoms with Crippen molar-refractivity contribution in [1.82, 2.24) is 0 Å². The van der Waals surface area contributed by atoms with Crippen molar-refractivity contribution >= 4 is 13.1 Å². The Morgan fingerprint density at radius 2 is 1.71 bits per heavy atom. The Labute approximate surface area is 102 Å². The summed E-state index contributed by atoms with van der Waals surface area (Å²) in [4.78, 5) is 11.1. The molecule has 0 radical (unpaired) electrons. The minimum Gasteiger partial charge on any atom is -0.478 e. The van der Waals surface area contributed by atoms with E-state index in [1.54, 1.807) is 0 Å². The Hall–Kier alpha value is -0.805. The largest absolute Gasteiger partial charge is 0.491 e. The van der Waals surface area contributed by atoms with E-state index in [2.05, 4.69) is 0 Å². The van der Waals surface area contributed by atoms with Gasteiger partial charge in [0.15, 0.2) is 0 Å². The van der Waals surface area contributed by atoms with Crippen LogP contribution in [0.5, 0.6) is 0 Å². The fourth-order valence-corrected chi connectivity index (χ4v) is 2.26. The highest BCUT2D eigenvalue weighted by atomic mass is 16.7. The highest BCUT2D eigenvalue weighted by molar-refractivity contribution is 6.55. The smallest absolute Gasteiger partial charge is 0.478 e. The van der Waals surface area contributed by atoms with E-state index in [0.717, 1.165) is 18.3 Å². The van der Waals surface area contributed by atoms with E-state index in [-0.39, 0.29) is 0 Å². The third-order valence-corrected chi connectivity index (χ3v) is 4.06. The van der Waals surface area contributed by atoms with Crippen LogP contribution in [0.25, 0.3) is 0 Å². The first-order chi connectivity index (χ1) is 7.74. The van der Waals surface area contributed by atoms with Gasteiger partial charge in [-0.3, -0.25) is 0 Å². The first kappa shape index (κ1) is 12.6. The minimum atomic E-state index is -0.841. The second-order valence-electron chi connectivity index (χ2n) is 5.75. The molecule has 17 heavy (non-hydrogen) atoms. The summed E-state index contributed by atoms with van der Waals surface area (Å²) < 4.78 is 11.8. The van der Waals surface area contributed by atoms with Crippen molar-refractivity contribution < 1.29 is 19.2 Å². The molecule has 5 heteroatoms. The van der Waals surface area contributed by atoms with Gasteiger partial charge in [-0.1, -0.05) is 0 Å². The van der Waals surface area contributed by atoms with Crippen LogP contribution in [0, 0.1) is 0 Å². The first-order valence-electron chi connectivity index (χ1n) is 6.05. The number of rotatable bonds is 2. The van der Waals surface area contributed by atoms with Crippen LogP contribution in [0.15, 0.2) is 11.0 Å². The molecule has 0 atom stereocenters. The number of hydrogen-bond acceptors (Lipinski definition) is 3. The standard InChI is InChI=1S/C12H19BO4/c1-11(2)12(3,4)17-13(16-11)9-7-5-6-8(9)10(14)15/h5-7H2,1-4H3,(H,14,15). The van der Waals surface area contributed by atoms with Crippen LogP contribution in [0.2, 0.25) is 0 Å². The molecular weight excluding hydrogens is 219 g/mol. The highest BCUT2D eigenvalue weighted by Crippen LogP contribution is 2.41. The van der Waals surface area contributed by atoms with E-state index in [4.69, 9.17) is 14.4 Å². The topological polar surface area (TPSA) is 55.8 Å². The van der Waals surface area contributed by atoms with E-state index in [0.29, 0.717) is 12.0 Å². The number of hydrogen-bond donors (Lipinski definition) is 1. The van der Waals surface area contributed by atoms with Crippen LogP contribution in [0.4, 0.5) is 0 Å². The fourth-order valence-electron chi connectivity index (χ4n) is 2.26. The van der Waals surface area contributed by atoms with Crippen molar-refractivity contribution in [2.75, 3.05) is 0 Å². The van der Waals surface area contributed by atoms with Gasteiger partial charge in [-0.05, 0) is 52.4 Å². The maximum absolute atomic E-state index is 11.1.